The smallest absolute Gasteiger partial charge is 0 e. The molecule has 0 saturated carbocycles. The maximum absolute atomic E-state index is 4.86. The third-order valence-corrected chi connectivity index (χ3v) is 11.6. The molecule has 0 saturated heterocycles. The SMILES string of the molecule is C[Si](C)(C)[N-]CCN(CC[N-][Si](C)(C)C)CC1C=CC=C[N-]1.C[Si](C)(C)[N-][Si](C)(C)C.[Y]. The van der Waals surface area contributed by atoms with Crippen molar-refractivity contribution in [3.05, 3.63) is 44.4 Å². The molecule has 1 aliphatic heterocycles. The van der Waals surface area contributed by atoms with E-state index in [2.05, 4.69) is 101 Å². The summed E-state index contributed by atoms with van der Waals surface area (Å²) in [6.07, 6.45) is 8.16. The van der Waals surface area contributed by atoms with Crippen LogP contribution in [-0.2, 0) is 32.7 Å². The topological polar surface area (TPSA) is 59.6 Å². The van der Waals surface area contributed by atoms with Gasteiger partial charge in [-0.25, -0.2) is 0 Å². The number of nitrogens with zero attached hydrogens (tertiary/aromatic N) is 5. The van der Waals surface area contributed by atoms with Crippen LogP contribution in [0.25, 0.3) is 19.9 Å². The van der Waals surface area contributed by atoms with Gasteiger partial charge in [-0.1, -0.05) is 136 Å². The van der Waals surface area contributed by atoms with Crippen LogP contribution in [0.4, 0.5) is 0 Å². The van der Waals surface area contributed by atoms with Gasteiger partial charge in [0.2, 0.25) is 0 Å². The number of hydrogen-bond donors (Lipinski definition) is 0. The summed E-state index contributed by atoms with van der Waals surface area (Å²) in [6.45, 7) is 32.4. The molecule has 1 unspecified atom stereocenters. The molecular formula is C22H51N5Si4Y-4. The van der Waals surface area contributed by atoms with Gasteiger partial charge >= 0.3 is 0 Å². The Kier molecular flexibility index (Phi) is 17.6. The molecule has 5 nitrogen and oxygen atoms in total. The van der Waals surface area contributed by atoms with Crippen molar-refractivity contribution >= 4 is 32.9 Å². The Morgan fingerprint density at radius 3 is 1.41 bits per heavy atom. The van der Waals surface area contributed by atoms with E-state index in [0.717, 1.165) is 32.7 Å². The number of rotatable bonds is 12. The summed E-state index contributed by atoms with van der Waals surface area (Å²) in [5.74, 6) is 0. The Morgan fingerprint density at radius 2 is 1.12 bits per heavy atom. The first kappa shape index (κ1) is 35.3. The molecule has 10 heteroatoms. The van der Waals surface area contributed by atoms with E-state index >= 15 is 0 Å². The molecule has 0 aromatic carbocycles. The van der Waals surface area contributed by atoms with Crippen molar-refractivity contribution in [2.45, 2.75) is 84.6 Å². The van der Waals surface area contributed by atoms with Crippen LogP contribution in [0.3, 0.4) is 0 Å². The van der Waals surface area contributed by atoms with E-state index in [1.165, 1.54) is 0 Å². The Bertz CT molecular complexity index is 514. The summed E-state index contributed by atoms with van der Waals surface area (Å²) < 4.78 is 4.82. The van der Waals surface area contributed by atoms with Gasteiger partial charge in [-0.15, -0.1) is 13.1 Å². The normalized spacial score (nSPS) is 16.8. The molecule has 1 rings (SSSR count). The minimum atomic E-state index is -1.30. The Morgan fingerprint density at radius 1 is 0.688 bits per heavy atom. The largest absolute Gasteiger partial charge is 0.684 e. The van der Waals surface area contributed by atoms with Crippen LogP contribution in [0.5, 0.6) is 0 Å². The molecule has 0 spiro atoms. The molecule has 0 aromatic heterocycles. The second-order valence-electron chi connectivity index (χ2n) is 12.3. The fourth-order valence-corrected chi connectivity index (χ4v) is 12.8. The summed E-state index contributed by atoms with van der Waals surface area (Å²) in [7, 11) is -4.82. The van der Waals surface area contributed by atoms with Crippen molar-refractivity contribution in [3.8, 4) is 0 Å². The molecule has 0 bridgehead atoms. The Balaban J connectivity index is 0. The van der Waals surface area contributed by atoms with Crippen LogP contribution in [0.1, 0.15) is 0 Å². The molecule has 0 amide bonds. The Labute approximate surface area is 230 Å². The van der Waals surface area contributed by atoms with Crippen molar-refractivity contribution in [1.29, 1.82) is 0 Å². The van der Waals surface area contributed by atoms with Gasteiger partial charge < -0.3 is 24.8 Å². The minimum Gasteiger partial charge on any atom is -0.684 e. The quantitative estimate of drug-likeness (QED) is 0.218. The first-order valence-electron chi connectivity index (χ1n) is 11.7. The molecule has 0 N–H and O–H groups in total. The third kappa shape index (κ3) is 25.7. The van der Waals surface area contributed by atoms with Gasteiger partial charge in [-0.3, -0.25) is 0 Å². The first-order chi connectivity index (χ1) is 13.9. The van der Waals surface area contributed by atoms with E-state index in [1.54, 1.807) is 0 Å². The second-order valence-corrected chi connectivity index (χ2v) is 31.2. The zero-order valence-electron chi connectivity index (χ0n) is 23.2. The zero-order valence-corrected chi connectivity index (χ0v) is 30.1. The van der Waals surface area contributed by atoms with E-state index in [1.807, 2.05) is 12.3 Å². The van der Waals surface area contributed by atoms with Gasteiger partial charge in [0.05, 0.1) is 0 Å². The maximum atomic E-state index is 4.86. The van der Waals surface area contributed by atoms with Crippen molar-refractivity contribution < 1.29 is 32.7 Å². The van der Waals surface area contributed by atoms with Crippen LogP contribution in [0.15, 0.2) is 24.4 Å². The molecular weight excluding hydrogens is 536 g/mol. The van der Waals surface area contributed by atoms with Gasteiger partial charge in [-0.2, -0.15) is 6.20 Å². The van der Waals surface area contributed by atoms with Gasteiger partial charge in [0.15, 0.2) is 0 Å². The molecule has 1 heterocycles. The number of hydrogen-bond acceptors (Lipinski definition) is 1. The van der Waals surface area contributed by atoms with E-state index < -0.39 is 32.9 Å². The summed E-state index contributed by atoms with van der Waals surface area (Å²) in [6, 6.07) is 0.281. The van der Waals surface area contributed by atoms with E-state index in [9.17, 15) is 0 Å². The number of allylic oxidation sites excluding steroid dienone is 2. The van der Waals surface area contributed by atoms with Crippen molar-refractivity contribution in [3.63, 3.8) is 0 Å². The van der Waals surface area contributed by atoms with Crippen LogP contribution in [0.2, 0.25) is 78.6 Å². The molecule has 1 radical (unpaired) electrons. The monoisotopic (exact) mass is 586 g/mol. The van der Waals surface area contributed by atoms with Crippen molar-refractivity contribution in [1.82, 2.24) is 4.90 Å². The standard InChI is InChI=1S/C16H33N4Si2.C6H18NSi2.Y/c1-21(2,3)18-11-13-20(14-12-19-22(4,5)6)15-16-9-7-8-10-17-16;1-8(2,3)7-9(4,5)6;/h7-10,16H,11-15H2,1-6H3;1-6H3;/q-3;-1;. The first-order valence-corrected chi connectivity index (χ1v) is 25.5. The molecule has 0 aliphatic carbocycles. The van der Waals surface area contributed by atoms with E-state index in [-0.39, 0.29) is 38.8 Å². The van der Waals surface area contributed by atoms with Crippen LogP contribution >= 0.6 is 0 Å². The van der Waals surface area contributed by atoms with Crippen LogP contribution in [-0.4, -0.2) is 76.6 Å². The fourth-order valence-electron chi connectivity index (χ4n) is 3.18. The molecule has 187 valence electrons. The molecule has 32 heavy (non-hydrogen) atoms. The van der Waals surface area contributed by atoms with Crippen molar-refractivity contribution in [2.24, 2.45) is 0 Å². The predicted molar refractivity (Wildman–Crippen MR) is 155 cm³/mol. The van der Waals surface area contributed by atoms with E-state index in [4.69, 9.17) is 14.6 Å². The molecule has 0 fully saturated rings. The summed E-state index contributed by atoms with van der Waals surface area (Å²) in [5.41, 5.74) is 0. The maximum Gasteiger partial charge on any atom is 0 e. The average molecular weight is 587 g/mol. The van der Waals surface area contributed by atoms with Crippen LogP contribution in [0, 0.1) is 0 Å². The van der Waals surface area contributed by atoms with Gasteiger partial charge in [0.1, 0.15) is 0 Å². The summed E-state index contributed by atoms with van der Waals surface area (Å²) in [4.78, 5) is 12.2. The molecule has 0 aromatic rings. The zero-order chi connectivity index (χ0) is 24.3. The van der Waals surface area contributed by atoms with Gasteiger partial charge in [0, 0.05) is 32.7 Å². The van der Waals surface area contributed by atoms with Crippen molar-refractivity contribution in [2.75, 3.05) is 32.7 Å². The molecule has 1 atom stereocenters. The molecule has 1 aliphatic rings. The minimum absolute atomic E-state index is 0. The predicted octanol–water partition coefficient (Wildman–Crippen LogP) is 7.56. The summed E-state index contributed by atoms with van der Waals surface area (Å²) in [5, 5.41) is 4.53. The summed E-state index contributed by atoms with van der Waals surface area (Å²) >= 11 is 0. The van der Waals surface area contributed by atoms with E-state index in [0.29, 0.717) is 0 Å². The fraction of sp³-hybridized carbons (Fsp3) is 0.818. The van der Waals surface area contributed by atoms with Gasteiger partial charge in [0.25, 0.3) is 0 Å². The Hall–Kier alpha value is 1.09. The third-order valence-electron chi connectivity index (χ3n) is 3.93. The van der Waals surface area contributed by atoms with Crippen LogP contribution < -0.4 is 0 Å². The van der Waals surface area contributed by atoms with Gasteiger partial charge in [-0.05, 0) is 19.6 Å². The average Bonchev–Trinajstić information content (AvgIpc) is 2.50. The second kappa shape index (κ2) is 16.0.